The lowest BCUT2D eigenvalue weighted by Crippen LogP contribution is -2.14. The van der Waals surface area contributed by atoms with Gasteiger partial charge in [-0.05, 0) is 18.6 Å². The zero-order chi connectivity index (χ0) is 9.84. The van der Waals surface area contributed by atoms with Crippen LogP contribution in [0.1, 0.15) is 19.3 Å². The highest BCUT2D eigenvalue weighted by Crippen LogP contribution is 2.18. The number of aliphatic hydroxyl groups excluding tert-OH is 1. The molecular formula is C8H10N2O2S. The molecule has 0 bridgehead atoms. The monoisotopic (exact) mass is 198 g/mol. The van der Waals surface area contributed by atoms with E-state index in [1.54, 1.807) is 0 Å². The molecule has 0 saturated carbocycles. The van der Waals surface area contributed by atoms with E-state index in [4.69, 9.17) is 5.73 Å². The number of ketones is 1. The molecule has 1 aliphatic rings. The second-order valence-corrected chi connectivity index (χ2v) is 3.15. The van der Waals surface area contributed by atoms with Crippen LogP contribution in [0.4, 0.5) is 0 Å². The Morgan fingerprint density at radius 2 is 2.31 bits per heavy atom. The molecule has 0 spiro atoms. The summed E-state index contributed by atoms with van der Waals surface area (Å²) in [5.41, 5.74) is 5.35. The lowest BCUT2D eigenvalue weighted by atomic mass is 9.97. The smallest absolute Gasteiger partial charge is 0.190 e. The maximum Gasteiger partial charge on any atom is 0.190 e. The van der Waals surface area contributed by atoms with Crippen molar-refractivity contribution in [2.24, 2.45) is 10.7 Å². The third kappa shape index (κ3) is 2.62. The number of Topliss-reactive ketones (excluding diaryl/α,β-unsaturated/α-hetero) is 1. The van der Waals surface area contributed by atoms with E-state index >= 15 is 0 Å². The molecule has 0 heterocycles. The number of nitrogens with zero attached hydrogens (tertiary/aromatic N) is 1. The van der Waals surface area contributed by atoms with E-state index in [2.05, 4.69) is 17.2 Å². The average molecular weight is 198 g/mol. The van der Waals surface area contributed by atoms with E-state index in [1.807, 2.05) is 0 Å². The third-order valence-electron chi connectivity index (χ3n) is 1.75. The van der Waals surface area contributed by atoms with Gasteiger partial charge < -0.3 is 10.8 Å². The first-order valence-corrected chi connectivity index (χ1v) is 4.31. The molecule has 0 aromatic heterocycles. The summed E-state index contributed by atoms with van der Waals surface area (Å²) in [5.74, 6) is -0.0278. The average Bonchev–Trinajstić information content (AvgIpc) is 2.03. The summed E-state index contributed by atoms with van der Waals surface area (Å²) in [5, 5.41) is 9.29. The Balaban J connectivity index is 2.86. The predicted molar refractivity (Wildman–Crippen MR) is 53.8 cm³/mol. The molecule has 4 nitrogen and oxygen atoms in total. The van der Waals surface area contributed by atoms with Gasteiger partial charge in [-0.2, -0.15) is 0 Å². The van der Waals surface area contributed by atoms with Gasteiger partial charge in [-0.3, -0.25) is 4.79 Å². The Bertz CT molecular complexity index is 307. The zero-order valence-corrected chi connectivity index (χ0v) is 7.80. The zero-order valence-electron chi connectivity index (χ0n) is 6.99. The Labute approximate surface area is 81.1 Å². The highest BCUT2D eigenvalue weighted by Gasteiger charge is 2.18. The molecular weight excluding hydrogens is 188 g/mol. The fourth-order valence-electron chi connectivity index (χ4n) is 1.12. The fourth-order valence-corrected chi connectivity index (χ4v) is 1.17. The van der Waals surface area contributed by atoms with Crippen LogP contribution in [-0.4, -0.2) is 22.2 Å². The second kappa shape index (κ2) is 4.13. The van der Waals surface area contributed by atoms with Crippen LogP contribution < -0.4 is 5.73 Å². The van der Waals surface area contributed by atoms with Crippen LogP contribution in [0.5, 0.6) is 0 Å². The molecule has 70 valence electrons. The van der Waals surface area contributed by atoms with Crippen LogP contribution >= 0.6 is 12.2 Å². The number of aliphatic hydroxyl groups is 1. The topological polar surface area (TPSA) is 75.7 Å². The van der Waals surface area contributed by atoms with Gasteiger partial charge in [-0.25, -0.2) is 4.99 Å². The number of nitrogens with two attached hydrogens (primary N) is 1. The molecule has 13 heavy (non-hydrogen) atoms. The summed E-state index contributed by atoms with van der Waals surface area (Å²) in [4.78, 5) is 14.8. The SMILES string of the molecule is NC(=S)N=CC1=C(O)CCCC1=O. The van der Waals surface area contributed by atoms with Gasteiger partial charge >= 0.3 is 0 Å². The maximum absolute atomic E-state index is 11.2. The normalized spacial score (nSPS) is 18.3. The lowest BCUT2D eigenvalue weighted by molar-refractivity contribution is -0.115. The summed E-state index contributed by atoms with van der Waals surface area (Å²) in [6.45, 7) is 0. The van der Waals surface area contributed by atoms with Gasteiger partial charge in [0.15, 0.2) is 10.9 Å². The predicted octanol–water partition coefficient (Wildman–Crippen LogP) is 0.866. The highest BCUT2D eigenvalue weighted by molar-refractivity contribution is 7.80. The number of hydrogen-bond acceptors (Lipinski definition) is 3. The van der Waals surface area contributed by atoms with E-state index in [9.17, 15) is 9.90 Å². The molecule has 0 saturated heterocycles. The quantitative estimate of drug-likeness (QED) is 0.484. The highest BCUT2D eigenvalue weighted by atomic mass is 32.1. The molecule has 0 aromatic rings. The first-order valence-electron chi connectivity index (χ1n) is 3.90. The fraction of sp³-hybridized carbons (Fsp3) is 0.375. The van der Waals surface area contributed by atoms with E-state index in [0.717, 1.165) is 0 Å². The van der Waals surface area contributed by atoms with Crippen LogP contribution in [0.15, 0.2) is 16.3 Å². The van der Waals surface area contributed by atoms with Gasteiger partial charge in [0.2, 0.25) is 0 Å². The number of carbonyl (C=O) groups excluding carboxylic acids is 1. The van der Waals surface area contributed by atoms with Crippen molar-refractivity contribution in [1.29, 1.82) is 0 Å². The molecule has 0 aromatic carbocycles. The number of hydrogen-bond donors (Lipinski definition) is 2. The van der Waals surface area contributed by atoms with Crippen molar-refractivity contribution < 1.29 is 9.90 Å². The third-order valence-corrected chi connectivity index (χ3v) is 1.86. The molecule has 0 fully saturated rings. The molecule has 0 atom stereocenters. The molecule has 5 heteroatoms. The van der Waals surface area contributed by atoms with Gasteiger partial charge in [0.05, 0.1) is 5.57 Å². The molecule has 1 aliphatic carbocycles. The van der Waals surface area contributed by atoms with Crippen molar-refractivity contribution in [2.75, 3.05) is 0 Å². The molecule has 0 radical (unpaired) electrons. The minimum Gasteiger partial charge on any atom is -0.512 e. The second-order valence-electron chi connectivity index (χ2n) is 2.73. The van der Waals surface area contributed by atoms with Crippen LogP contribution in [0.25, 0.3) is 0 Å². The Hall–Kier alpha value is -1.23. The molecule has 1 rings (SSSR count). The standard InChI is InChI=1S/C8H10N2O2S/c9-8(13)10-4-5-6(11)2-1-3-7(5)12/h4,11H,1-3H2,(H2,9,13). The van der Waals surface area contributed by atoms with E-state index in [-0.39, 0.29) is 22.2 Å². The Morgan fingerprint density at radius 3 is 2.85 bits per heavy atom. The number of rotatable bonds is 1. The largest absolute Gasteiger partial charge is 0.512 e. The van der Waals surface area contributed by atoms with Crippen molar-refractivity contribution in [2.45, 2.75) is 19.3 Å². The molecule has 3 N–H and O–H groups in total. The summed E-state index contributed by atoms with van der Waals surface area (Å²) < 4.78 is 0. The van der Waals surface area contributed by atoms with Gasteiger partial charge in [-0.15, -0.1) is 0 Å². The minimum absolute atomic E-state index is 0.0429. The number of aliphatic imine (C=N–C) groups is 1. The van der Waals surface area contributed by atoms with Crippen molar-refractivity contribution in [3.63, 3.8) is 0 Å². The number of carbonyl (C=O) groups is 1. The van der Waals surface area contributed by atoms with E-state index in [1.165, 1.54) is 6.21 Å². The number of allylic oxidation sites excluding steroid dienone is 2. The summed E-state index contributed by atoms with van der Waals surface area (Å²) in [6, 6.07) is 0. The molecule has 0 amide bonds. The summed E-state index contributed by atoms with van der Waals surface area (Å²) in [6.07, 6.45) is 2.89. The van der Waals surface area contributed by atoms with Crippen LogP contribution in [0.3, 0.4) is 0 Å². The summed E-state index contributed by atoms with van der Waals surface area (Å²) >= 11 is 4.51. The number of thiocarbonyl (C=S) groups is 1. The van der Waals surface area contributed by atoms with Crippen LogP contribution in [0.2, 0.25) is 0 Å². The van der Waals surface area contributed by atoms with Crippen molar-refractivity contribution in [1.82, 2.24) is 0 Å². The minimum atomic E-state index is -0.108. The summed E-state index contributed by atoms with van der Waals surface area (Å²) in [7, 11) is 0. The molecule has 0 unspecified atom stereocenters. The van der Waals surface area contributed by atoms with Gasteiger partial charge in [-0.1, -0.05) is 0 Å². The Morgan fingerprint density at radius 1 is 1.62 bits per heavy atom. The Kier molecular flexibility index (Phi) is 3.13. The van der Waals surface area contributed by atoms with Gasteiger partial charge in [0, 0.05) is 19.1 Å². The van der Waals surface area contributed by atoms with Crippen LogP contribution in [-0.2, 0) is 4.79 Å². The van der Waals surface area contributed by atoms with E-state index < -0.39 is 0 Å². The van der Waals surface area contributed by atoms with Gasteiger partial charge in [0.1, 0.15) is 5.76 Å². The lowest BCUT2D eigenvalue weighted by Gasteiger charge is -2.10. The first kappa shape index (κ1) is 9.85. The van der Waals surface area contributed by atoms with Crippen molar-refractivity contribution in [3.05, 3.63) is 11.3 Å². The first-order chi connectivity index (χ1) is 6.11. The molecule has 0 aliphatic heterocycles. The van der Waals surface area contributed by atoms with Crippen molar-refractivity contribution in [3.8, 4) is 0 Å². The maximum atomic E-state index is 11.2. The van der Waals surface area contributed by atoms with Gasteiger partial charge in [0.25, 0.3) is 0 Å². The van der Waals surface area contributed by atoms with Crippen LogP contribution in [0, 0.1) is 0 Å². The van der Waals surface area contributed by atoms with E-state index in [0.29, 0.717) is 19.3 Å². The van der Waals surface area contributed by atoms with Crippen molar-refractivity contribution >= 4 is 29.3 Å².